The molecule has 8 rings (SSSR count). The average Bonchev–Trinajstić information content (AvgIpc) is 3.14. The Labute approximate surface area is 319 Å². The van der Waals surface area contributed by atoms with Crippen molar-refractivity contribution >= 4 is 74.4 Å². The first-order valence-electron chi connectivity index (χ1n) is 17.1. The average molecular weight is 794 g/mol. The molecule has 5 aromatic rings. The number of barbiturate groups is 1. The molecule has 3 heterocycles. The number of rotatable bonds is 7. The van der Waals surface area contributed by atoms with Gasteiger partial charge in [0.05, 0.1) is 10.2 Å². The zero-order valence-corrected chi connectivity index (χ0v) is 30.9. The molecule has 52 heavy (non-hydrogen) atoms. The summed E-state index contributed by atoms with van der Waals surface area (Å²) in [6.45, 7) is 2.04. The van der Waals surface area contributed by atoms with Crippen molar-refractivity contribution in [3.8, 4) is 5.75 Å². The highest BCUT2D eigenvalue weighted by molar-refractivity contribution is 9.10. The second kappa shape index (κ2) is 14.3. The summed E-state index contributed by atoms with van der Waals surface area (Å²) in [7, 11) is 0. The first-order chi connectivity index (χ1) is 25.2. The molecule has 5 aromatic carbocycles. The summed E-state index contributed by atoms with van der Waals surface area (Å²) in [6, 6.07) is 34.3. The van der Waals surface area contributed by atoms with Crippen LogP contribution >= 0.6 is 39.1 Å². The van der Waals surface area contributed by atoms with Crippen molar-refractivity contribution in [3.05, 3.63) is 163 Å². The highest BCUT2D eigenvalue weighted by atomic mass is 79.9. The lowest BCUT2D eigenvalue weighted by molar-refractivity contribution is -0.122. The molecule has 0 aliphatic carbocycles. The van der Waals surface area contributed by atoms with Crippen LogP contribution in [0.1, 0.15) is 58.1 Å². The standard InChI is InChI=1S/C42H32BrCl2N3O4/c43-36-20-25(11-14-38(36)52-24-28-12-13-29(44)21-37(28)45)19-35-40(49)46-42(51)48(41(35)50)30-22-33-31(26-7-3-1-4-8-26)15-17-47-18-16-32(34(23-30)39(33)47)27-9-5-2-6-10-27/h1-14,19-23,31-32H,15-18,24H2,(H,46,49,51)/b35-19+/t31-,32-/m1/s1. The van der Waals surface area contributed by atoms with Crippen LogP contribution in [0.3, 0.4) is 0 Å². The van der Waals surface area contributed by atoms with Crippen molar-refractivity contribution in [2.24, 2.45) is 0 Å². The van der Waals surface area contributed by atoms with Gasteiger partial charge < -0.3 is 9.64 Å². The molecule has 0 bridgehead atoms. The number of amides is 4. The van der Waals surface area contributed by atoms with Gasteiger partial charge in [-0.2, -0.15) is 0 Å². The van der Waals surface area contributed by atoms with Crippen LogP contribution in [0.4, 0.5) is 16.2 Å². The fourth-order valence-corrected chi connectivity index (χ4v) is 8.52. The van der Waals surface area contributed by atoms with Crippen LogP contribution in [0, 0.1) is 0 Å². The van der Waals surface area contributed by atoms with Crippen LogP contribution in [-0.2, 0) is 16.2 Å². The smallest absolute Gasteiger partial charge is 0.335 e. The third-order valence-corrected chi connectivity index (χ3v) is 11.2. The molecule has 7 nitrogen and oxygen atoms in total. The Hall–Kier alpha value is -4.89. The zero-order valence-electron chi connectivity index (χ0n) is 27.8. The Balaban J connectivity index is 1.16. The monoisotopic (exact) mass is 791 g/mol. The number of urea groups is 1. The number of hydrogen-bond acceptors (Lipinski definition) is 5. The van der Waals surface area contributed by atoms with Gasteiger partial charge in [-0.05, 0) is 99.1 Å². The number of carbonyl (C=O) groups excluding carboxylic acids is 3. The summed E-state index contributed by atoms with van der Waals surface area (Å²) >= 11 is 15.9. The van der Waals surface area contributed by atoms with Gasteiger partial charge in [-0.3, -0.25) is 14.9 Å². The van der Waals surface area contributed by atoms with E-state index in [-0.39, 0.29) is 24.0 Å². The molecule has 1 saturated heterocycles. The largest absolute Gasteiger partial charge is 0.488 e. The van der Waals surface area contributed by atoms with Gasteiger partial charge in [-0.1, -0.05) is 96.0 Å². The van der Waals surface area contributed by atoms with Crippen molar-refractivity contribution in [1.82, 2.24) is 5.32 Å². The number of nitrogens with one attached hydrogen (secondary N) is 1. The predicted molar refractivity (Wildman–Crippen MR) is 208 cm³/mol. The van der Waals surface area contributed by atoms with Crippen molar-refractivity contribution in [2.75, 3.05) is 22.9 Å². The molecule has 0 unspecified atom stereocenters. The van der Waals surface area contributed by atoms with Gasteiger partial charge in [0.25, 0.3) is 11.8 Å². The van der Waals surface area contributed by atoms with Crippen molar-refractivity contribution in [1.29, 1.82) is 0 Å². The molecule has 3 aliphatic rings. The van der Waals surface area contributed by atoms with Crippen LogP contribution < -0.4 is 19.9 Å². The maximum absolute atomic E-state index is 14.3. The van der Waals surface area contributed by atoms with Gasteiger partial charge >= 0.3 is 6.03 Å². The first kappa shape index (κ1) is 34.2. The Morgan fingerprint density at radius 2 is 1.42 bits per heavy atom. The lowest BCUT2D eigenvalue weighted by atomic mass is 9.76. The van der Waals surface area contributed by atoms with E-state index in [1.54, 1.807) is 36.4 Å². The minimum Gasteiger partial charge on any atom is -0.488 e. The van der Waals surface area contributed by atoms with Gasteiger partial charge in [-0.25, -0.2) is 9.69 Å². The molecule has 3 aliphatic heterocycles. The van der Waals surface area contributed by atoms with Crippen LogP contribution in [0.2, 0.25) is 10.0 Å². The highest BCUT2D eigenvalue weighted by Gasteiger charge is 2.40. The quantitative estimate of drug-likeness (QED) is 0.131. The zero-order chi connectivity index (χ0) is 35.9. The number of carbonyl (C=O) groups is 3. The lowest BCUT2D eigenvalue weighted by Crippen LogP contribution is -2.54. The van der Waals surface area contributed by atoms with E-state index in [0.717, 1.165) is 47.5 Å². The molecule has 0 spiro atoms. The maximum Gasteiger partial charge on any atom is 0.335 e. The fourth-order valence-electron chi connectivity index (χ4n) is 7.55. The Bertz CT molecular complexity index is 2190. The molecule has 2 atom stereocenters. The van der Waals surface area contributed by atoms with E-state index >= 15 is 0 Å². The summed E-state index contributed by atoms with van der Waals surface area (Å²) in [5.74, 6) is -0.744. The summed E-state index contributed by atoms with van der Waals surface area (Å²) in [5, 5.41) is 3.45. The second-order valence-electron chi connectivity index (χ2n) is 13.1. The summed E-state index contributed by atoms with van der Waals surface area (Å²) in [4.78, 5) is 44.6. The van der Waals surface area contributed by atoms with E-state index in [1.807, 2.05) is 48.5 Å². The number of benzene rings is 5. The van der Waals surface area contributed by atoms with E-state index in [0.29, 0.717) is 31.5 Å². The van der Waals surface area contributed by atoms with E-state index in [9.17, 15) is 14.4 Å². The van der Waals surface area contributed by atoms with Crippen molar-refractivity contribution < 1.29 is 19.1 Å². The number of halogens is 3. The maximum atomic E-state index is 14.3. The van der Waals surface area contributed by atoms with Crippen LogP contribution in [0.15, 0.2) is 119 Å². The van der Waals surface area contributed by atoms with Gasteiger partial charge in [-0.15, -0.1) is 0 Å². The number of ether oxygens (including phenoxy) is 1. The number of nitrogens with zero attached hydrogens (tertiary/aromatic N) is 2. The molecule has 10 heteroatoms. The second-order valence-corrected chi connectivity index (χ2v) is 14.8. The first-order valence-corrected chi connectivity index (χ1v) is 18.6. The number of imide groups is 2. The molecule has 260 valence electrons. The van der Waals surface area contributed by atoms with E-state index < -0.39 is 17.8 Å². The lowest BCUT2D eigenvalue weighted by Gasteiger charge is -2.44. The number of hydrogen-bond donors (Lipinski definition) is 1. The fraction of sp³-hybridized carbons (Fsp3) is 0.167. The molecule has 0 saturated carbocycles. The molecule has 0 radical (unpaired) electrons. The van der Waals surface area contributed by atoms with Gasteiger partial charge in [0.1, 0.15) is 17.9 Å². The van der Waals surface area contributed by atoms with E-state index in [2.05, 4.69) is 50.4 Å². The minimum absolute atomic E-state index is 0.0778. The minimum atomic E-state index is -0.777. The van der Waals surface area contributed by atoms with Crippen molar-refractivity contribution in [3.63, 3.8) is 0 Å². The van der Waals surface area contributed by atoms with Crippen LogP contribution in [0.25, 0.3) is 6.08 Å². The van der Waals surface area contributed by atoms with Gasteiger partial charge in [0.15, 0.2) is 0 Å². The predicted octanol–water partition coefficient (Wildman–Crippen LogP) is 9.88. The summed E-state index contributed by atoms with van der Waals surface area (Å²) in [6.07, 6.45) is 3.30. The number of anilines is 2. The van der Waals surface area contributed by atoms with Crippen LogP contribution in [0.5, 0.6) is 5.75 Å². The van der Waals surface area contributed by atoms with E-state index in [1.165, 1.54) is 22.9 Å². The van der Waals surface area contributed by atoms with Gasteiger partial charge in [0, 0.05) is 46.2 Å². The topological polar surface area (TPSA) is 79.0 Å². The Morgan fingerprint density at radius 3 is 2.02 bits per heavy atom. The SMILES string of the molecule is O=C1NC(=O)N(c2cc3c4c(c2)[C@@H](c2ccccc2)CCN4CC[C@@H]3c2ccccc2)C(=O)/C1=C/c1ccc(OCc2ccc(Cl)cc2Cl)c(Br)c1. The van der Waals surface area contributed by atoms with Gasteiger partial charge in [0.2, 0.25) is 0 Å². The molecular weight excluding hydrogens is 761 g/mol. The summed E-state index contributed by atoms with van der Waals surface area (Å²) < 4.78 is 6.59. The van der Waals surface area contributed by atoms with Crippen LogP contribution in [-0.4, -0.2) is 30.9 Å². The normalized spacial score (nSPS) is 19.1. The highest BCUT2D eigenvalue weighted by Crippen LogP contribution is 2.50. The molecule has 1 fully saturated rings. The third-order valence-electron chi connectivity index (χ3n) is 10.0. The Kier molecular flexibility index (Phi) is 9.38. The van der Waals surface area contributed by atoms with Crippen molar-refractivity contribution in [2.45, 2.75) is 31.3 Å². The molecular formula is C42H32BrCl2N3O4. The summed E-state index contributed by atoms with van der Waals surface area (Å²) in [5.41, 5.74) is 7.32. The molecule has 4 amide bonds. The molecule has 0 aromatic heterocycles. The third kappa shape index (κ3) is 6.51. The Morgan fingerprint density at radius 1 is 0.788 bits per heavy atom. The van der Waals surface area contributed by atoms with E-state index in [4.69, 9.17) is 27.9 Å². The molecule has 1 N–H and O–H groups in total.